The summed E-state index contributed by atoms with van der Waals surface area (Å²) in [4.78, 5) is 12.2. The average molecular weight is 291 g/mol. The second-order valence-corrected chi connectivity index (χ2v) is 5.30. The lowest BCUT2D eigenvalue weighted by Gasteiger charge is -2.19. The highest BCUT2D eigenvalue weighted by atomic mass is 16.5. The zero-order valence-electron chi connectivity index (χ0n) is 12.8. The molecule has 0 saturated heterocycles. The van der Waals surface area contributed by atoms with Crippen LogP contribution in [-0.2, 0) is 11.3 Å². The first-order valence-electron chi connectivity index (χ1n) is 6.95. The molecule has 2 aromatic heterocycles. The Hall–Kier alpha value is -2.08. The number of carbonyl (C=O) groups is 1. The number of nitrogens with zero attached hydrogens (tertiary/aromatic N) is 2. The molecule has 6 nitrogen and oxygen atoms in total. The number of ether oxygens (including phenoxy) is 1. The van der Waals surface area contributed by atoms with E-state index in [2.05, 4.69) is 31.2 Å². The van der Waals surface area contributed by atoms with Crippen LogP contribution < -0.4 is 5.32 Å². The molecule has 0 aliphatic carbocycles. The summed E-state index contributed by atoms with van der Waals surface area (Å²) in [6, 6.07) is 5.33. The van der Waals surface area contributed by atoms with Gasteiger partial charge in [-0.15, -0.1) is 0 Å². The first-order valence-corrected chi connectivity index (χ1v) is 6.95. The Morgan fingerprint density at radius 3 is 2.81 bits per heavy atom. The van der Waals surface area contributed by atoms with Crippen molar-refractivity contribution < 1.29 is 13.9 Å². The van der Waals surface area contributed by atoms with Gasteiger partial charge in [0.05, 0.1) is 12.2 Å². The van der Waals surface area contributed by atoms with Crippen LogP contribution in [0.15, 0.2) is 28.8 Å². The molecule has 0 unspecified atom stereocenters. The molecular formula is C15H21N3O3. The summed E-state index contributed by atoms with van der Waals surface area (Å²) in [6.45, 7) is 6.63. The van der Waals surface area contributed by atoms with Crippen LogP contribution in [0.4, 0.5) is 5.82 Å². The third-order valence-corrected chi connectivity index (χ3v) is 3.43. The zero-order valence-corrected chi connectivity index (χ0v) is 12.8. The minimum absolute atomic E-state index is 0.191. The fraction of sp³-hybridized carbons (Fsp3) is 0.467. The molecule has 6 heteroatoms. The van der Waals surface area contributed by atoms with E-state index in [1.807, 2.05) is 4.68 Å². The third-order valence-electron chi connectivity index (χ3n) is 3.43. The van der Waals surface area contributed by atoms with Gasteiger partial charge in [-0.05, 0) is 25.0 Å². The smallest absolute Gasteiger partial charge is 0.292 e. The molecule has 2 aromatic rings. The van der Waals surface area contributed by atoms with Crippen molar-refractivity contribution in [2.75, 3.05) is 12.4 Å². The summed E-state index contributed by atoms with van der Waals surface area (Å²) in [7, 11) is 1.58. The highest BCUT2D eigenvalue weighted by molar-refractivity contribution is 6.01. The van der Waals surface area contributed by atoms with Crippen molar-refractivity contribution in [1.82, 2.24) is 9.78 Å². The highest BCUT2D eigenvalue weighted by Crippen LogP contribution is 2.21. The minimum atomic E-state index is -0.296. The molecule has 2 heterocycles. The first kappa shape index (κ1) is 15.3. The van der Waals surface area contributed by atoms with E-state index >= 15 is 0 Å². The molecule has 21 heavy (non-hydrogen) atoms. The number of hydrogen-bond acceptors (Lipinski definition) is 4. The molecule has 1 atom stereocenters. The molecule has 1 amide bonds. The molecule has 2 rings (SSSR count). The number of amides is 1. The Kier molecular flexibility index (Phi) is 4.80. The van der Waals surface area contributed by atoms with Crippen LogP contribution in [-0.4, -0.2) is 22.8 Å². The van der Waals surface area contributed by atoms with Crippen molar-refractivity contribution >= 4 is 11.7 Å². The summed E-state index contributed by atoms with van der Waals surface area (Å²) in [6.07, 6.45) is 1.67. The molecule has 0 aliphatic rings. The molecule has 0 bridgehead atoms. The highest BCUT2D eigenvalue weighted by Gasteiger charge is 2.17. The van der Waals surface area contributed by atoms with Gasteiger partial charge in [0.2, 0.25) is 0 Å². The van der Waals surface area contributed by atoms with E-state index in [-0.39, 0.29) is 17.7 Å². The Morgan fingerprint density at radius 1 is 1.38 bits per heavy atom. The van der Waals surface area contributed by atoms with Crippen LogP contribution >= 0.6 is 0 Å². The van der Waals surface area contributed by atoms with Crippen LogP contribution in [0.3, 0.4) is 0 Å². The predicted octanol–water partition coefficient (Wildman–Crippen LogP) is 3.09. The van der Waals surface area contributed by atoms with Crippen molar-refractivity contribution in [3.8, 4) is 0 Å². The Balaban J connectivity index is 2.11. The molecular weight excluding hydrogens is 270 g/mol. The normalized spacial score (nSPS) is 12.6. The van der Waals surface area contributed by atoms with Crippen molar-refractivity contribution in [2.24, 2.45) is 5.92 Å². The van der Waals surface area contributed by atoms with Gasteiger partial charge >= 0.3 is 0 Å². The molecule has 0 aliphatic heterocycles. The average Bonchev–Trinajstić information content (AvgIpc) is 3.07. The van der Waals surface area contributed by atoms with Gasteiger partial charge in [0.25, 0.3) is 5.91 Å². The van der Waals surface area contributed by atoms with E-state index in [1.54, 1.807) is 31.5 Å². The minimum Gasteiger partial charge on any atom is -0.453 e. The summed E-state index contributed by atoms with van der Waals surface area (Å²) >= 11 is 0. The van der Waals surface area contributed by atoms with Gasteiger partial charge in [-0.2, -0.15) is 5.10 Å². The summed E-state index contributed by atoms with van der Waals surface area (Å²) in [5.74, 6) is 1.65. The largest absolute Gasteiger partial charge is 0.453 e. The van der Waals surface area contributed by atoms with Gasteiger partial charge in [-0.25, -0.2) is 4.68 Å². The molecule has 114 valence electrons. The number of carbonyl (C=O) groups excluding carboxylic acids is 1. The first-order chi connectivity index (χ1) is 10.0. The lowest BCUT2D eigenvalue weighted by Crippen LogP contribution is -2.19. The zero-order chi connectivity index (χ0) is 15.4. The topological polar surface area (TPSA) is 69.3 Å². The van der Waals surface area contributed by atoms with Crippen molar-refractivity contribution in [3.05, 3.63) is 35.9 Å². The van der Waals surface area contributed by atoms with Gasteiger partial charge in [-0.1, -0.05) is 13.8 Å². The van der Waals surface area contributed by atoms with Gasteiger partial charge < -0.3 is 14.5 Å². The van der Waals surface area contributed by atoms with Crippen molar-refractivity contribution in [2.45, 2.75) is 33.4 Å². The van der Waals surface area contributed by atoms with Crippen LogP contribution in [0.2, 0.25) is 0 Å². The number of aromatic nitrogens is 2. The molecule has 0 aromatic carbocycles. The van der Waals surface area contributed by atoms with Crippen molar-refractivity contribution in [3.63, 3.8) is 0 Å². The van der Waals surface area contributed by atoms with Crippen LogP contribution in [0.5, 0.6) is 0 Å². The summed E-state index contributed by atoms with van der Waals surface area (Å²) in [5.41, 5.74) is 0. The summed E-state index contributed by atoms with van der Waals surface area (Å²) < 4.78 is 12.2. The number of methoxy groups -OCH3 is 1. The molecule has 0 radical (unpaired) electrons. The Morgan fingerprint density at radius 2 is 2.14 bits per heavy atom. The number of anilines is 1. The second-order valence-electron chi connectivity index (χ2n) is 5.30. The van der Waals surface area contributed by atoms with E-state index < -0.39 is 0 Å². The maximum Gasteiger partial charge on any atom is 0.292 e. The molecule has 0 fully saturated rings. The van der Waals surface area contributed by atoms with Crippen molar-refractivity contribution in [1.29, 1.82) is 0 Å². The van der Waals surface area contributed by atoms with Gasteiger partial charge in [0.15, 0.2) is 5.76 Å². The SMILES string of the molecule is COCc1ccc(C(=O)Nc2ccnn2[C@H](C)C(C)C)o1. The third kappa shape index (κ3) is 3.52. The molecule has 1 N–H and O–H groups in total. The number of nitrogens with one attached hydrogen (secondary N) is 1. The van der Waals surface area contributed by atoms with Gasteiger partial charge in [0, 0.05) is 13.2 Å². The van der Waals surface area contributed by atoms with Crippen LogP contribution in [0.25, 0.3) is 0 Å². The number of furan rings is 1. The predicted molar refractivity (Wildman–Crippen MR) is 79.2 cm³/mol. The second kappa shape index (κ2) is 6.58. The quantitative estimate of drug-likeness (QED) is 0.888. The standard InChI is InChI=1S/C15H21N3O3/c1-10(2)11(3)18-14(7-8-16-18)17-15(19)13-6-5-12(21-13)9-20-4/h5-8,10-11H,9H2,1-4H3,(H,17,19)/t11-/m1/s1. The van der Waals surface area contributed by atoms with E-state index in [1.165, 1.54) is 0 Å². The van der Waals surface area contributed by atoms with E-state index in [9.17, 15) is 4.79 Å². The lowest BCUT2D eigenvalue weighted by atomic mass is 10.1. The Labute approximate surface area is 124 Å². The summed E-state index contributed by atoms with van der Waals surface area (Å²) in [5, 5.41) is 7.10. The number of hydrogen-bond donors (Lipinski definition) is 1. The fourth-order valence-corrected chi connectivity index (χ4v) is 1.92. The molecule has 0 saturated carbocycles. The lowest BCUT2D eigenvalue weighted by molar-refractivity contribution is 0.0986. The molecule has 0 spiro atoms. The van der Waals surface area contributed by atoms with Gasteiger partial charge in [-0.3, -0.25) is 4.79 Å². The maximum atomic E-state index is 12.2. The Bertz CT molecular complexity index is 601. The van der Waals surface area contributed by atoms with Crippen LogP contribution in [0.1, 0.15) is 43.1 Å². The number of rotatable bonds is 6. The van der Waals surface area contributed by atoms with E-state index in [4.69, 9.17) is 9.15 Å². The van der Waals surface area contributed by atoms with Crippen LogP contribution in [0, 0.1) is 5.92 Å². The monoisotopic (exact) mass is 291 g/mol. The van der Waals surface area contributed by atoms with E-state index in [0.29, 0.717) is 24.1 Å². The van der Waals surface area contributed by atoms with E-state index in [0.717, 1.165) is 0 Å². The van der Waals surface area contributed by atoms with Gasteiger partial charge in [0.1, 0.15) is 18.2 Å². The maximum absolute atomic E-state index is 12.2. The fourth-order valence-electron chi connectivity index (χ4n) is 1.92.